The topological polar surface area (TPSA) is 98.5 Å². The summed E-state index contributed by atoms with van der Waals surface area (Å²) >= 11 is 0. The molecule has 0 aromatic heterocycles. The van der Waals surface area contributed by atoms with Crippen LogP contribution in [0.2, 0.25) is 0 Å². The predicted octanol–water partition coefficient (Wildman–Crippen LogP) is 1.97. The molecule has 0 heterocycles. The second-order valence-electron chi connectivity index (χ2n) is 5.15. The average molecular weight is 352 g/mol. The summed E-state index contributed by atoms with van der Waals surface area (Å²) in [5.41, 5.74) is 0.740. The van der Waals surface area contributed by atoms with Gasteiger partial charge in [0.05, 0.1) is 23.6 Å². The van der Waals surface area contributed by atoms with Gasteiger partial charge in [0.1, 0.15) is 11.6 Å². The molecule has 0 fully saturated rings. The number of carbonyl (C=O) groups is 1. The van der Waals surface area contributed by atoms with Crippen molar-refractivity contribution in [1.82, 2.24) is 5.32 Å². The van der Waals surface area contributed by atoms with E-state index in [1.165, 1.54) is 31.4 Å². The fourth-order valence-electron chi connectivity index (χ4n) is 2.15. The molecule has 0 aliphatic carbocycles. The molecule has 6 nitrogen and oxygen atoms in total. The van der Waals surface area contributed by atoms with Crippen LogP contribution in [-0.4, -0.2) is 21.4 Å². The number of hydrogen-bond donors (Lipinski definition) is 2. The van der Waals surface area contributed by atoms with Crippen molar-refractivity contribution in [2.45, 2.75) is 17.9 Å². The lowest BCUT2D eigenvalue weighted by molar-refractivity contribution is 0.0936. The number of primary sulfonamides is 1. The molecule has 0 aliphatic rings. The molecule has 0 saturated carbocycles. The van der Waals surface area contributed by atoms with Gasteiger partial charge in [-0.3, -0.25) is 4.79 Å². The molecule has 1 atom stereocenters. The van der Waals surface area contributed by atoms with Crippen molar-refractivity contribution < 1.29 is 22.3 Å². The molecule has 1 amide bonds. The Morgan fingerprint density at radius 3 is 2.38 bits per heavy atom. The van der Waals surface area contributed by atoms with E-state index in [4.69, 9.17) is 9.88 Å². The summed E-state index contributed by atoms with van der Waals surface area (Å²) in [7, 11) is -2.58. The second-order valence-corrected chi connectivity index (χ2v) is 6.72. The standard InChI is InChI=1S/C16H17FN2O4S/c1-10(11-3-5-12(17)6-4-11)19-16(20)14-9-13(24(18,21)22)7-8-15(14)23-2/h3-10H,1-2H3,(H,19,20)(H2,18,21,22). The zero-order chi connectivity index (χ0) is 17.9. The van der Waals surface area contributed by atoms with E-state index in [9.17, 15) is 17.6 Å². The highest BCUT2D eigenvalue weighted by molar-refractivity contribution is 7.89. The van der Waals surface area contributed by atoms with E-state index in [0.717, 1.165) is 6.07 Å². The summed E-state index contributed by atoms with van der Waals surface area (Å²) < 4.78 is 41.0. The summed E-state index contributed by atoms with van der Waals surface area (Å²) in [5, 5.41) is 7.80. The third-order valence-electron chi connectivity index (χ3n) is 3.46. The molecule has 0 spiro atoms. The SMILES string of the molecule is COc1ccc(S(N)(=O)=O)cc1C(=O)NC(C)c1ccc(F)cc1. The van der Waals surface area contributed by atoms with Crippen molar-refractivity contribution in [3.63, 3.8) is 0 Å². The number of halogens is 1. The highest BCUT2D eigenvalue weighted by atomic mass is 32.2. The number of benzene rings is 2. The van der Waals surface area contributed by atoms with Crippen LogP contribution in [-0.2, 0) is 10.0 Å². The van der Waals surface area contributed by atoms with Gasteiger partial charge in [0, 0.05) is 0 Å². The van der Waals surface area contributed by atoms with E-state index in [-0.39, 0.29) is 22.0 Å². The van der Waals surface area contributed by atoms with E-state index >= 15 is 0 Å². The first-order chi connectivity index (χ1) is 11.2. The largest absolute Gasteiger partial charge is 0.496 e. The van der Waals surface area contributed by atoms with Gasteiger partial charge in [-0.2, -0.15) is 0 Å². The van der Waals surface area contributed by atoms with Crippen LogP contribution in [0, 0.1) is 5.82 Å². The smallest absolute Gasteiger partial charge is 0.255 e. The van der Waals surface area contributed by atoms with Crippen molar-refractivity contribution in [2.75, 3.05) is 7.11 Å². The molecule has 8 heteroatoms. The van der Waals surface area contributed by atoms with E-state index in [1.807, 2.05) is 0 Å². The lowest BCUT2D eigenvalue weighted by Gasteiger charge is -2.16. The van der Waals surface area contributed by atoms with Crippen molar-refractivity contribution >= 4 is 15.9 Å². The number of carbonyl (C=O) groups excluding carboxylic acids is 1. The van der Waals surface area contributed by atoms with Gasteiger partial charge >= 0.3 is 0 Å². The van der Waals surface area contributed by atoms with Crippen LogP contribution in [0.25, 0.3) is 0 Å². The van der Waals surface area contributed by atoms with Gasteiger partial charge in [0.15, 0.2) is 0 Å². The minimum atomic E-state index is -3.95. The molecular weight excluding hydrogens is 335 g/mol. The summed E-state index contributed by atoms with van der Waals surface area (Å²) in [6.45, 7) is 1.72. The number of methoxy groups -OCH3 is 1. The van der Waals surface area contributed by atoms with Crippen molar-refractivity contribution in [2.24, 2.45) is 5.14 Å². The molecule has 0 bridgehead atoms. The fourth-order valence-corrected chi connectivity index (χ4v) is 2.69. The zero-order valence-corrected chi connectivity index (χ0v) is 13.9. The Morgan fingerprint density at radius 1 is 1.21 bits per heavy atom. The molecule has 128 valence electrons. The Balaban J connectivity index is 2.29. The van der Waals surface area contributed by atoms with Crippen molar-refractivity contribution in [1.29, 1.82) is 0 Å². The maximum atomic E-state index is 13.0. The first kappa shape index (κ1) is 17.9. The van der Waals surface area contributed by atoms with Crippen molar-refractivity contribution in [3.05, 3.63) is 59.4 Å². The molecule has 0 aliphatic heterocycles. The van der Waals surface area contributed by atoms with Gasteiger partial charge < -0.3 is 10.1 Å². The van der Waals surface area contributed by atoms with Gasteiger partial charge in [-0.1, -0.05) is 12.1 Å². The molecular formula is C16H17FN2O4S. The lowest BCUT2D eigenvalue weighted by Crippen LogP contribution is -2.27. The van der Waals surface area contributed by atoms with Crippen LogP contribution in [0.5, 0.6) is 5.75 Å². The summed E-state index contributed by atoms with van der Waals surface area (Å²) in [5.74, 6) is -0.694. The summed E-state index contributed by atoms with van der Waals surface area (Å²) in [6, 6.07) is 9.05. The van der Waals surface area contributed by atoms with E-state index in [2.05, 4.69) is 5.32 Å². The highest BCUT2D eigenvalue weighted by Crippen LogP contribution is 2.23. The van der Waals surface area contributed by atoms with Gasteiger partial charge in [-0.05, 0) is 42.8 Å². The van der Waals surface area contributed by atoms with Gasteiger partial charge in [0.2, 0.25) is 10.0 Å². The molecule has 24 heavy (non-hydrogen) atoms. The summed E-state index contributed by atoms with van der Waals surface area (Å²) in [4.78, 5) is 12.3. The number of sulfonamides is 1. The second kappa shape index (κ2) is 6.98. The van der Waals surface area contributed by atoms with Crippen LogP contribution in [0.4, 0.5) is 4.39 Å². The predicted molar refractivity (Wildman–Crippen MR) is 86.6 cm³/mol. The Kier molecular flexibility index (Phi) is 5.20. The number of nitrogens with two attached hydrogens (primary N) is 1. The Hall–Kier alpha value is -2.45. The Morgan fingerprint density at radius 2 is 1.83 bits per heavy atom. The Labute approximate surface area is 139 Å². The molecule has 2 rings (SSSR count). The van der Waals surface area contributed by atoms with Crippen LogP contribution in [0.1, 0.15) is 28.9 Å². The van der Waals surface area contributed by atoms with E-state index in [0.29, 0.717) is 5.56 Å². The minimum absolute atomic E-state index is 0.0398. The minimum Gasteiger partial charge on any atom is -0.496 e. The van der Waals surface area contributed by atoms with Gasteiger partial charge in [0.25, 0.3) is 5.91 Å². The number of ether oxygens (including phenoxy) is 1. The molecule has 0 saturated heterocycles. The molecule has 2 aromatic rings. The number of hydrogen-bond acceptors (Lipinski definition) is 4. The number of rotatable bonds is 5. The zero-order valence-electron chi connectivity index (χ0n) is 13.1. The normalized spacial score (nSPS) is 12.5. The van der Waals surface area contributed by atoms with Crippen molar-refractivity contribution in [3.8, 4) is 5.75 Å². The van der Waals surface area contributed by atoms with Crippen LogP contribution < -0.4 is 15.2 Å². The first-order valence-electron chi connectivity index (χ1n) is 6.99. The first-order valence-corrected chi connectivity index (χ1v) is 8.54. The summed E-state index contributed by atoms with van der Waals surface area (Å²) in [6.07, 6.45) is 0. The number of amides is 1. The quantitative estimate of drug-likeness (QED) is 0.859. The third kappa shape index (κ3) is 4.09. The van der Waals surface area contributed by atoms with Gasteiger partial charge in [-0.15, -0.1) is 0 Å². The fraction of sp³-hybridized carbons (Fsp3) is 0.188. The molecule has 1 unspecified atom stereocenters. The monoisotopic (exact) mass is 352 g/mol. The molecule has 0 radical (unpaired) electrons. The van der Waals surface area contributed by atoms with Crippen LogP contribution in [0.3, 0.4) is 0 Å². The maximum Gasteiger partial charge on any atom is 0.255 e. The Bertz CT molecular complexity index is 851. The van der Waals surface area contributed by atoms with Crippen LogP contribution >= 0.6 is 0 Å². The third-order valence-corrected chi connectivity index (χ3v) is 4.37. The average Bonchev–Trinajstić information content (AvgIpc) is 2.53. The van der Waals surface area contributed by atoms with E-state index < -0.39 is 22.0 Å². The number of nitrogens with one attached hydrogen (secondary N) is 1. The van der Waals surface area contributed by atoms with E-state index in [1.54, 1.807) is 19.1 Å². The molecule has 2 aromatic carbocycles. The maximum absolute atomic E-state index is 13.0. The van der Waals surface area contributed by atoms with Gasteiger partial charge in [-0.25, -0.2) is 17.9 Å². The highest BCUT2D eigenvalue weighted by Gasteiger charge is 2.19. The molecule has 3 N–H and O–H groups in total. The van der Waals surface area contributed by atoms with Crippen LogP contribution in [0.15, 0.2) is 47.4 Å². The lowest BCUT2D eigenvalue weighted by atomic mass is 10.1.